The first-order valence-corrected chi connectivity index (χ1v) is 8.47. The number of rotatable bonds is 4. The number of halogens is 3. The summed E-state index contributed by atoms with van der Waals surface area (Å²) in [5.41, 5.74) is 6.23. The molecule has 146 valence electrons. The summed E-state index contributed by atoms with van der Waals surface area (Å²) in [7, 11) is 0. The first-order valence-electron chi connectivity index (χ1n) is 8.47. The van der Waals surface area contributed by atoms with Crippen molar-refractivity contribution in [2.24, 2.45) is 5.73 Å². The predicted octanol–water partition coefficient (Wildman–Crippen LogP) is 1.98. The van der Waals surface area contributed by atoms with E-state index in [4.69, 9.17) is 5.73 Å². The smallest absolute Gasteiger partial charge is 0.406 e. The van der Waals surface area contributed by atoms with Gasteiger partial charge in [0.25, 0.3) is 0 Å². The van der Waals surface area contributed by atoms with E-state index in [0.29, 0.717) is 29.7 Å². The maximum atomic E-state index is 13.3. The van der Waals surface area contributed by atoms with Gasteiger partial charge in [0.1, 0.15) is 18.1 Å². The van der Waals surface area contributed by atoms with Gasteiger partial charge in [-0.15, -0.1) is 13.2 Å². The van der Waals surface area contributed by atoms with Crippen molar-refractivity contribution >= 4 is 11.8 Å². The number of nitrogens with zero attached hydrogens (tertiary/aromatic N) is 3. The van der Waals surface area contributed by atoms with Crippen LogP contribution < -0.4 is 10.5 Å². The van der Waals surface area contributed by atoms with Crippen molar-refractivity contribution in [2.45, 2.75) is 37.2 Å². The van der Waals surface area contributed by atoms with Crippen LogP contribution in [0.2, 0.25) is 0 Å². The summed E-state index contributed by atoms with van der Waals surface area (Å²) in [6.45, 7) is 0.126. The lowest BCUT2D eigenvalue weighted by Crippen LogP contribution is -2.42. The van der Waals surface area contributed by atoms with Gasteiger partial charge < -0.3 is 15.4 Å². The standard InChI is InChI=1S/C18H15F3N4O3/c19-18(20,21)28-11-3-1-10(2-4-11)17(5-6-17)16(27)25-8-13-12(7-23-9-24-13)14(25)15(22)26/h1-4,7,9,14H,5-6,8H2,(H2,22,26). The Kier molecular flexibility index (Phi) is 4.02. The molecule has 1 unspecified atom stereocenters. The average Bonchev–Trinajstić information content (AvgIpc) is 3.34. The highest BCUT2D eigenvalue weighted by Crippen LogP contribution is 2.52. The molecule has 0 spiro atoms. The van der Waals surface area contributed by atoms with E-state index in [9.17, 15) is 22.8 Å². The van der Waals surface area contributed by atoms with Gasteiger partial charge in [-0.2, -0.15) is 0 Å². The molecule has 2 amide bonds. The number of carbonyl (C=O) groups excluding carboxylic acids is 2. The number of aromatic nitrogens is 2. The lowest BCUT2D eigenvalue weighted by Gasteiger charge is -2.27. The highest BCUT2D eigenvalue weighted by Gasteiger charge is 2.56. The van der Waals surface area contributed by atoms with Crippen molar-refractivity contribution < 1.29 is 27.5 Å². The van der Waals surface area contributed by atoms with Gasteiger partial charge >= 0.3 is 6.36 Å². The molecule has 2 N–H and O–H groups in total. The highest BCUT2D eigenvalue weighted by molar-refractivity contribution is 5.96. The Bertz CT molecular complexity index is 942. The number of nitrogens with two attached hydrogens (primary N) is 1. The van der Waals surface area contributed by atoms with E-state index in [1.807, 2.05) is 0 Å². The fourth-order valence-corrected chi connectivity index (χ4v) is 3.64. The molecular formula is C18H15F3N4O3. The van der Waals surface area contributed by atoms with Gasteiger partial charge in [-0.05, 0) is 30.5 Å². The number of hydrogen-bond acceptors (Lipinski definition) is 5. The lowest BCUT2D eigenvalue weighted by atomic mass is 9.93. The van der Waals surface area contributed by atoms with Crippen molar-refractivity contribution in [1.82, 2.24) is 14.9 Å². The molecule has 4 rings (SSSR count). The maximum absolute atomic E-state index is 13.3. The summed E-state index contributed by atoms with van der Waals surface area (Å²) >= 11 is 0. The molecule has 1 aliphatic heterocycles. The molecule has 1 aromatic heterocycles. The van der Waals surface area contributed by atoms with Gasteiger partial charge in [0.2, 0.25) is 11.8 Å². The van der Waals surface area contributed by atoms with Crippen LogP contribution >= 0.6 is 0 Å². The number of carbonyl (C=O) groups is 2. The third kappa shape index (κ3) is 3.04. The Hall–Kier alpha value is -3.17. The minimum absolute atomic E-state index is 0.126. The van der Waals surface area contributed by atoms with Crippen LogP contribution in [0.1, 0.15) is 35.7 Å². The van der Waals surface area contributed by atoms with Crippen LogP contribution in [-0.4, -0.2) is 33.0 Å². The topological polar surface area (TPSA) is 98.4 Å². The Morgan fingerprint density at radius 1 is 1.21 bits per heavy atom. The van der Waals surface area contributed by atoms with E-state index in [1.54, 1.807) is 0 Å². The largest absolute Gasteiger partial charge is 0.573 e. The third-order valence-corrected chi connectivity index (χ3v) is 5.08. The molecule has 10 heteroatoms. The van der Waals surface area contributed by atoms with Gasteiger partial charge in [0.15, 0.2) is 0 Å². The number of primary amides is 1. The molecule has 1 atom stereocenters. The summed E-state index contributed by atoms with van der Waals surface area (Å²) in [5, 5.41) is 0. The van der Waals surface area contributed by atoms with E-state index >= 15 is 0 Å². The molecule has 2 aromatic rings. The second-order valence-corrected chi connectivity index (χ2v) is 6.82. The fourth-order valence-electron chi connectivity index (χ4n) is 3.64. The molecule has 2 aliphatic rings. The van der Waals surface area contributed by atoms with Crippen molar-refractivity contribution in [3.63, 3.8) is 0 Å². The van der Waals surface area contributed by atoms with E-state index in [1.165, 1.54) is 41.7 Å². The summed E-state index contributed by atoms with van der Waals surface area (Å²) < 4.78 is 40.9. The molecular weight excluding hydrogens is 377 g/mol. The van der Waals surface area contributed by atoms with Gasteiger partial charge in [-0.3, -0.25) is 9.59 Å². The number of amides is 2. The Morgan fingerprint density at radius 3 is 2.46 bits per heavy atom. The Morgan fingerprint density at radius 2 is 1.89 bits per heavy atom. The van der Waals surface area contributed by atoms with E-state index in [0.717, 1.165) is 0 Å². The highest BCUT2D eigenvalue weighted by atomic mass is 19.4. The van der Waals surface area contributed by atoms with Crippen molar-refractivity contribution in [3.05, 3.63) is 53.6 Å². The van der Waals surface area contributed by atoms with Crippen LogP contribution in [0, 0.1) is 0 Å². The summed E-state index contributed by atoms with van der Waals surface area (Å²) in [5.74, 6) is -1.36. The molecule has 1 saturated carbocycles. The zero-order chi connectivity index (χ0) is 20.1. The minimum atomic E-state index is -4.79. The molecule has 7 nitrogen and oxygen atoms in total. The summed E-state index contributed by atoms with van der Waals surface area (Å²) in [6, 6.07) is 4.26. The number of benzene rings is 1. The van der Waals surface area contributed by atoms with Gasteiger partial charge in [0, 0.05) is 11.8 Å². The van der Waals surface area contributed by atoms with Crippen LogP contribution in [0.15, 0.2) is 36.8 Å². The minimum Gasteiger partial charge on any atom is -0.406 e. The lowest BCUT2D eigenvalue weighted by molar-refractivity contribution is -0.274. The molecule has 28 heavy (non-hydrogen) atoms. The van der Waals surface area contributed by atoms with E-state index in [2.05, 4.69) is 14.7 Å². The van der Waals surface area contributed by atoms with E-state index < -0.39 is 23.7 Å². The zero-order valence-electron chi connectivity index (χ0n) is 14.4. The normalized spacial score (nSPS) is 19.8. The number of fused-ring (bicyclic) bond motifs is 1. The first kappa shape index (κ1) is 18.2. The third-order valence-electron chi connectivity index (χ3n) is 5.08. The molecule has 1 fully saturated rings. The summed E-state index contributed by atoms with van der Waals surface area (Å²) in [6.07, 6.45) is -0.943. The number of alkyl halides is 3. The monoisotopic (exact) mass is 392 g/mol. The van der Waals surface area contributed by atoms with Crippen LogP contribution in [-0.2, 0) is 21.5 Å². The molecule has 0 radical (unpaired) electrons. The van der Waals surface area contributed by atoms with Gasteiger partial charge in [-0.1, -0.05) is 12.1 Å². The van der Waals surface area contributed by atoms with E-state index in [-0.39, 0.29) is 18.2 Å². The SMILES string of the molecule is NC(=O)C1c2cncnc2CN1C(=O)C1(c2ccc(OC(F)(F)F)cc2)CC1. The van der Waals surface area contributed by atoms with Crippen molar-refractivity contribution in [2.75, 3.05) is 0 Å². The summed E-state index contributed by atoms with van der Waals surface area (Å²) in [4.78, 5) is 34.7. The maximum Gasteiger partial charge on any atom is 0.573 e. The van der Waals surface area contributed by atoms with Crippen LogP contribution in [0.5, 0.6) is 5.75 Å². The molecule has 0 saturated heterocycles. The molecule has 2 heterocycles. The molecule has 0 bridgehead atoms. The zero-order valence-corrected chi connectivity index (χ0v) is 14.4. The van der Waals surface area contributed by atoms with Gasteiger partial charge in [-0.25, -0.2) is 9.97 Å². The van der Waals surface area contributed by atoms with Crippen LogP contribution in [0.25, 0.3) is 0 Å². The van der Waals surface area contributed by atoms with Crippen molar-refractivity contribution in [3.8, 4) is 5.75 Å². The second-order valence-electron chi connectivity index (χ2n) is 6.82. The van der Waals surface area contributed by atoms with Crippen LogP contribution in [0.4, 0.5) is 13.2 Å². The number of hydrogen-bond donors (Lipinski definition) is 1. The average molecular weight is 392 g/mol. The van der Waals surface area contributed by atoms with Gasteiger partial charge in [0.05, 0.1) is 17.7 Å². The second kappa shape index (κ2) is 6.18. The molecule has 1 aromatic carbocycles. The number of ether oxygens (including phenoxy) is 1. The fraction of sp³-hybridized carbons (Fsp3) is 0.333. The Balaban J connectivity index is 1.60. The first-order chi connectivity index (χ1) is 13.2. The Labute approximate surface area is 157 Å². The van der Waals surface area contributed by atoms with Crippen molar-refractivity contribution in [1.29, 1.82) is 0 Å². The quantitative estimate of drug-likeness (QED) is 0.858. The van der Waals surface area contributed by atoms with Crippen LogP contribution in [0.3, 0.4) is 0 Å². The molecule has 1 aliphatic carbocycles. The predicted molar refractivity (Wildman–Crippen MR) is 88.6 cm³/mol.